The quantitative estimate of drug-likeness (QED) is 0.274. The first-order valence-corrected chi connectivity index (χ1v) is 15.9. The van der Waals surface area contributed by atoms with Gasteiger partial charge in [-0.15, -0.1) is 0 Å². The predicted molar refractivity (Wildman–Crippen MR) is 175 cm³/mol. The molecule has 0 saturated heterocycles. The maximum absolute atomic E-state index is 13.8. The van der Waals surface area contributed by atoms with Crippen LogP contribution in [0.3, 0.4) is 0 Å². The zero-order chi connectivity index (χ0) is 31.1. The number of aliphatic hydroxyl groups excluding tert-OH is 1. The molecule has 3 aromatic rings. The van der Waals surface area contributed by atoms with Crippen LogP contribution in [0, 0.1) is 5.92 Å². The molecule has 1 aliphatic heterocycles. The lowest BCUT2D eigenvalue weighted by Gasteiger charge is -2.38. The van der Waals surface area contributed by atoms with Crippen molar-refractivity contribution >= 4 is 17.6 Å². The second-order valence-electron chi connectivity index (χ2n) is 12.5. The van der Waals surface area contributed by atoms with E-state index in [1.165, 1.54) is 23.1 Å². The molecule has 0 bridgehead atoms. The van der Waals surface area contributed by atoms with E-state index >= 15 is 0 Å². The van der Waals surface area contributed by atoms with Crippen molar-refractivity contribution in [2.45, 2.75) is 70.7 Å². The summed E-state index contributed by atoms with van der Waals surface area (Å²) in [5.41, 5.74) is 4.42. The van der Waals surface area contributed by atoms with E-state index in [1.54, 1.807) is 23.1 Å². The van der Waals surface area contributed by atoms with Crippen molar-refractivity contribution in [2.24, 2.45) is 5.92 Å². The van der Waals surface area contributed by atoms with E-state index in [-0.39, 0.29) is 42.7 Å². The number of ether oxygens (including phenoxy) is 1. The molecule has 3 aromatic carbocycles. The van der Waals surface area contributed by atoms with Crippen molar-refractivity contribution in [3.05, 3.63) is 83.9 Å². The molecule has 3 N–H and O–H groups in total. The molecular formula is C36H46N4O4. The Kier molecular flexibility index (Phi) is 10.6. The highest BCUT2D eigenvalue weighted by Crippen LogP contribution is 2.35. The fraction of sp³-hybridized carbons (Fsp3) is 0.444. The topological polar surface area (TPSA) is 94.1 Å². The Morgan fingerprint density at radius 3 is 2.41 bits per heavy atom. The minimum Gasteiger partial charge on any atom is -0.486 e. The SMILES string of the molecule is C[C@@H]1CN([C@H](C)CO)C(=O)c2cccc(NC(=O)NC3CCCCC3)c2O[C@@H]1CN(C)Cc1ccc(-c2ccccc2)cc1. The van der Waals surface area contributed by atoms with Crippen LogP contribution in [0.2, 0.25) is 0 Å². The molecule has 1 heterocycles. The Morgan fingerprint density at radius 1 is 1.00 bits per heavy atom. The molecule has 5 rings (SSSR count). The Balaban J connectivity index is 1.35. The van der Waals surface area contributed by atoms with Gasteiger partial charge in [-0.2, -0.15) is 0 Å². The first kappa shape index (κ1) is 31.5. The van der Waals surface area contributed by atoms with Crippen molar-refractivity contribution in [1.29, 1.82) is 0 Å². The number of urea groups is 1. The van der Waals surface area contributed by atoms with Gasteiger partial charge in [0.25, 0.3) is 5.91 Å². The van der Waals surface area contributed by atoms with E-state index in [1.807, 2.05) is 25.1 Å². The summed E-state index contributed by atoms with van der Waals surface area (Å²) in [4.78, 5) is 30.8. The summed E-state index contributed by atoms with van der Waals surface area (Å²) in [6.07, 6.45) is 5.12. The van der Waals surface area contributed by atoms with Crippen LogP contribution < -0.4 is 15.4 Å². The minimum atomic E-state index is -0.358. The fourth-order valence-corrected chi connectivity index (χ4v) is 6.27. The summed E-state index contributed by atoms with van der Waals surface area (Å²) in [6.45, 7) is 5.58. The van der Waals surface area contributed by atoms with Gasteiger partial charge in [0.15, 0.2) is 5.75 Å². The zero-order valence-electron chi connectivity index (χ0n) is 26.2. The summed E-state index contributed by atoms with van der Waals surface area (Å²) in [7, 11) is 2.07. The average molecular weight is 599 g/mol. The lowest BCUT2D eigenvalue weighted by Crippen LogP contribution is -2.50. The van der Waals surface area contributed by atoms with Gasteiger partial charge in [-0.3, -0.25) is 9.69 Å². The number of benzene rings is 3. The van der Waals surface area contributed by atoms with Crippen LogP contribution in [0.25, 0.3) is 11.1 Å². The number of anilines is 1. The van der Waals surface area contributed by atoms with E-state index in [0.717, 1.165) is 32.2 Å². The predicted octanol–water partition coefficient (Wildman–Crippen LogP) is 6.16. The van der Waals surface area contributed by atoms with Gasteiger partial charge in [-0.25, -0.2) is 4.79 Å². The molecule has 3 atom stereocenters. The van der Waals surface area contributed by atoms with Gasteiger partial charge in [-0.05, 0) is 55.6 Å². The molecule has 1 saturated carbocycles. The van der Waals surface area contributed by atoms with Gasteiger partial charge >= 0.3 is 6.03 Å². The van der Waals surface area contributed by atoms with Crippen molar-refractivity contribution in [3.63, 3.8) is 0 Å². The van der Waals surface area contributed by atoms with Crippen LogP contribution >= 0.6 is 0 Å². The number of aliphatic hydroxyl groups is 1. The summed E-state index contributed by atoms with van der Waals surface area (Å²) in [6, 6.07) is 23.8. The third-order valence-corrected chi connectivity index (χ3v) is 8.88. The lowest BCUT2D eigenvalue weighted by atomic mass is 9.96. The minimum absolute atomic E-state index is 0.0341. The molecule has 2 aliphatic rings. The molecule has 3 amide bonds. The molecule has 8 heteroatoms. The van der Waals surface area contributed by atoms with E-state index < -0.39 is 0 Å². The Labute approximate surface area is 261 Å². The average Bonchev–Trinajstić information content (AvgIpc) is 3.04. The van der Waals surface area contributed by atoms with E-state index in [0.29, 0.717) is 30.1 Å². The Morgan fingerprint density at radius 2 is 1.70 bits per heavy atom. The molecule has 0 unspecified atom stereocenters. The number of fused-ring (bicyclic) bond motifs is 1. The van der Waals surface area contributed by atoms with Gasteiger partial charge in [0.2, 0.25) is 0 Å². The molecule has 234 valence electrons. The van der Waals surface area contributed by atoms with Crippen molar-refractivity contribution in [3.8, 4) is 16.9 Å². The number of rotatable bonds is 9. The summed E-state index contributed by atoms with van der Waals surface area (Å²) in [5, 5.41) is 16.1. The second-order valence-corrected chi connectivity index (χ2v) is 12.5. The van der Waals surface area contributed by atoms with Crippen molar-refractivity contribution in [2.75, 3.05) is 32.1 Å². The highest BCUT2D eigenvalue weighted by atomic mass is 16.5. The van der Waals surface area contributed by atoms with Crippen LogP contribution in [-0.2, 0) is 6.54 Å². The number of carbonyl (C=O) groups is 2. The highest BCUT2D eigenvalue weighted by molar-refractivity contribution is 6.01. The highest BCUT2D eigenvalue weighted by Gasteiger charge is 2.34. The summed E-state index contributed by atoms with van der Waals surface area (Å²) < 4.78 is 6.69. The van der Waals surface area contributed by atoms with Gasteiger partial charge in [0.1, 0.15) is 6.10 Å². The molecule has 0 aromatic heterocycles. The molecule has 0 spiro atoms. The normalized spacial score (nSPS) is 19.8. The number of likely N-dealkylation sites (N-methyl/N-ethyl adjacent to an activating group) is 1. The van der Waals surface area contributed by atoms with Crippen LogP contribution in [0.15, 0.2) is 72.8 Å². The second kappa shape index (κ2) is 14.7. The third kappa shape index (κ3) is 7.79. The van der Waals surface area contributed by atoms with Crippen molar-refractivity contribution < 1.29 is 19.4 Å². The zero-order valence-corrected chi connectivity index (χ0v) is 26.2. The number of carbonyl (C=O) groups excluding carboxylic acids is 2. The number of nitrogens with zero attached hydrogens (tertiary/aromatic N) is 2. The Hall–Kier alpha value is -3.88. The molecule has 8 nitrogen and oxygen atoms in total. The summed E-state index contributed by atoms with van der Waals surface area (Å²) >= 11 is 0. The van der Waals surface area contributed by atoms with Gasteiger partial charge in [0, 0.05) is 31.6 Å². The van der Waals surface area contributed by atoms with Crippen LogP contribution in [0.1, 0.15) is 61.9 Å². The maximum atomic E-state index is 13.8. The van der Waals surface area contributed by atoms with Gasteiger partial charge < -0.3 is 25.4 Å². The number of amides is 3. The number of hydrogen-bond donors (Lipinski definition) is 3. The monoisotopic (exact) mass is 598 g/mol. The smallest absolute Gasteiger partial charge is 0.319 e. The number of para-hydroxylation sites is 1. The van der Waals surface area contributed by atoms with Crippen LogP contribution in [-0.4, -0.2) is 71.8 Å². The largest absolute Gasteiger partial charge is 0.486 e. The van der Waals surface area contributed by atoms with Crippen molar-refractivity contribution in [1.82, 2.24) is 15.1 Å². The molecule has 1 fully saturated rings. The van der Waals surface area contributed by atoms with Gasteiger partial charge in [-0.1, -0.05) is 86.8 Å². The summed E-state index contributed by atoms with van der Waals surface area (Å²) in [5.74, 6) is 0.131. The molecule has 1 aliphatic carbocycles. The first-order chi connectivity index (χ1) is 21.3. The van der Waals surface area contributed by atoms with E-state index in [9.17, 15) is 14.7 Å². The van der Waals surface area contributed by atoms with Crippen LogP contribution in [0.4, 0.5) is 10.5 Å². The van der Waals surface area contributed by atoms with Crippen LogP contribution in [0.5, 0.6) is 5.75 Å². The molecular weight excluding hydrogens is 552 g/mol. The van der Waals surface area contributed by atoms with E-state index in [4.69, 9.17) is 4.74 Å². The molecule has 44 heavy (non-hydrogen) atoms. The third-order valence-electron chi connectivity index (χ3n) is 8.88. The first-order valence-electron chi connectivity index (χ1n) is 15.9. The Bertz CT molecular complexity index is 1390. The van der Waals surface area contributed by atoms with E-state index in [2.05, 4.69) is 65.9 Å². The molecule has 0 radical (unpaired) electrons. The van der Waals surface area contributed by atoms with Gasteiger partial charge in [0.05, 0.1) is 23.9 Å². The number of hydrogen-bond acceptors (Lipinski definition) is 5. The lowest BCUT2D eigenvalue weighted by molar-refractivity contribution is 0.0343. The number of nitrogens with one attached hydrogen (secondary N) is 2. The fourth-order valence-electron chi connectivity index (χ4n) is 6.27. The maximum Gasteiger partial charge on any atom is 0.319 e. The standard InChI is InChI=1S/C36H46N4O4/c1-25-21-40(26(2)24-41)35(42)31-15-10-16-32(38-36(43)37-30-13-8-5-9-14-30)34(31)44-33(25)23-39(3)22-27-17-19-29(20-18-27)28-11-6-4-7-12-28/h4,6-7,10-12,15-20,25-26,30,33,41H,5,8-9,13-14,21-24H2,1-3H3,(H2,37,38,43)/t25-,26-,33-/m1/s1.